The fourth-order valence-electron chi connectivity index (χ4n) is 4.45. The lowest BCUT2D eigenvalue weighted by atomic mass is 9.80. The number of benzene rings is 2. The molecule has 0 spiro atoms. The Kier molecular flexibility index (Phi) is 7.51. The second kappa shape index (κ2) is 10.3. The van der Waals surface area contributed by atoms with E-state index in [1.165, 1.54) is 23.5 Å². The summed E-state index contributed by atoms with van der Waals surface area (Å²) in [6, 6.07) is 11.8. The molecule has 1 aromatic heterocycles. The summed E-state index contributed by atoms with van der Waals surface area (Å²) in [4.78, 5) is 17.4. The average Bonchev–Trinajstić information content (AvgIpc) is 3.20. The highest BCUT2D eigenvalue weighted by Gasteiger charge is 2.41. The summed E-state index contributed by atoms with van der Waals surface area (Å²) in [5.74, 6) is -1.16. The molecule has 0 atom stereocenters. The molecule has 1 aliphatic carbocycles. The lowest BCUT2D eigenvalue weighted by molar-refractivity contribution is -0.183. The molecular formula is C25H27F3N2O3S2. The van der Waals surface area contributed by atoms with E-state index in [1.54, 1.807) is 25.1 Å². The maximum atomic E-state index is 12.9. The number of alkyl halides is 3. The predicted octanol–water partition coefficient (Wildman–Crippen LogP) is 6.18. The van der Waals surface area contributed by atoms with Crippen molar-refractivity contribution in [3.05, 3.63) is 53.0 Å². The molecule has 2 aromatic carbocycles. The monoisotopic (exact) mass is 524 g/mol. The van der Waals surface area contributed by atoms with Gasteiger partial charge in [-0.15, -0.1) is 11.3 Å². The number of thiazole rings is 1. The third-order valence-electron chi connectivity index (χ3n) is 6.52. The molecule has 0 radical (unpaired) electrons. The van der Waals surface area contributed by atoms with Crippen molar-refractivity contribution in [2.45, 2.75) is 56.5 Å². The Hall–Kier alpha value is -2.46. The fourth-order valence-corrected chi connectivity index (χ4v) is 6.46. The van der Waals surface area contributed by atoms with Crippen LogP contribution in [0.4, 0.5) is 18.9 Å². The second-order valence-electron chi connectivity index (χ2n) is 9.03. The Bertz CT molecular complexity index is 1290. The molecule has 1 fully saturated rings. The summed E-state index contributed by atoms with van der Waals surface area (Å²) in [5, 5.41) is 3.77. The van der Waals surface area contributed by atoms with Crippen molar-refractivity contribution >= 4 is 43.0 Å². The van der Waals surface area contributed by atoms with Gasteiger partial charge in [-0.05, 0) is 67.5 Å². The number of sulfone groups is 1. The van der Waals surface area contributed by atoms with Crippen LogP contribution in [0.15, 0.2) is 47.4 Å². The molecule has 4 rings (SSSR count). The number of carbonyl (C=O) groups is 1. The fraction of sp³-hybridized carbons (Fsp3) is 0.440. The minimum atomic E-state index is -4.10. The smallest absolute Gasteiger partial charge is 0.326 e. The molecule has 0 unspecified atom stereocenters. The molecule has 3 aromatic rings. The van der Waals surface area contributed by atoms with E-state index in [9.17, 15) is 26.4 Å². The Morgan fingerprint density at radius 2 is 1.77 bits per heavy atom. The lowest BCUT2D eigenvalue weighted by Crippen LogP contribution is -2.28. The van der Waals surface area contributed by atoms with E-state index in [-0.39, 0.29) is 41.7 Å². The average molecular weight is 525 g/mol. The van der Waals surface area contributed by atoms with Crippen LogP contribution >= 0.6 is 11.3 Å². The Labute approximate surface area is 206 Å². The van der Waals surface area contributed by atoms with E-state index in [1.807, 2.05) is 12.1 Å². The van der Waals surface area contributed by atoms with Crippen molar-refractivity contribution in [2.24, 2.45) is 11.8 Å². The number of nitrogens with one attached hydrogen (secondary N) is 1. The molecule has 1 aliphatic rings. The first kappa shape index (κ1) is 25.6. The summed E-state index contributed by atoms with van der Waals surface area (Å²) in [7, 11) is -3.28. The number of hydrogen-bond donors (Lipinski definition) is 1. The minimum Gasteiger partial charge on any atom is -0.326 e. The van der Waals surface area contributed by atoms with Crippen LogP contribution in [0.3, 0.4) is 0 Å². The number of halogens is 3. The standard InChI is InChI=1S/C25H27F3N2O3S2/c1-2-35(32,33)20-10-5-16(6-11-20)13-23(31)29-19-9-12-21-22(15-19)34-24(30-21)14-17-3-7-18(8-4-17)25(26,27)28/h5-6,9-12,15,17-18H,2-4,7-8,13-14H2,1H3,(H,29,31). The Morgan fingerprint density at radius 3 is 2.40 bits per heavy atom. The van der Waals surface area contributed by atoms with E-state index < -0.39 is 21.9 Å². The molecule has 0 bridgehead atoms. The number of nitrogens with zero attached hydrogens (tertiary/aromatic N) is 1. The summed E-state index contributed by atoms with van der Waals surface area (Å²) in [6.45, 7) is 1.59. The van der Waals surface area contributed by atoms with Crippen molar-refractivity contribution in [3.8, 4) is 0 Å². The van der Waals surface area contributed by atoms with Gasteiger partial charge in [0.05, 0.1) is 38.2 Å². The third-order valence-corrected chi connectivity index (χ3v) is 9.31. The van der Waals surface area contributed by atoms with Gasteiger partial charge in [0.2, 0.25) is 5.91 Å². The highest BCUT2D eigenvalue weighted by Crippen LogP contribution is 2.41. The summed E-state index contributed by atoms with van der Waals surface area (Å²) in [5.41, 5.74) is 2.15. The van der Waals surface area contributed by atoms with Crippen LogP contribution in [-0.2, 0) is 27.5 Å². The molecule has 1 heterocycles. The van der Waals surface area contributed by atoms with Crippen molar-refractivity contribution in [1.29, 1.82) is 0 Å². The lowest BCUT2D eigenvalue weighted by Gasteiger charge is -2.29. The summed E-state index contributed by atoms with van der Waals surface area (Å²) in [6.07, 6.45) is -1.81. The predicted molar refractivity (Wildman–Crippen MR) is 131 cm³/mol. The van der Waals surface area contributed by atoms with E-state index in [0.717, 1.165) is 15.2 Å². The van der Waals surface area contributed by atoms with Gasteiger partial charge in [-0.2, -0.15) is 13.2 Å². The van der Waals surface area contributed by atoms with Gasteiger partial charge < -0.3 is 5.32 Å². The van der Waals surface area contributed by atoms with Gasteiger partial charge in [-0.3, -0.25) is 4.79 Å². The molecule has 1 saturated carbocycles. The number of anilines is 1. The number of carbonyl (C=O) groups excluding carboxylic acids is 1. The first-order chi connectivity index (χ1) is 16.5. The van der Waals surface area contributed by atoms with Crippen molar-refractivity contribution in [1.82, 2.24) is 4.98 Å². The normalized spacial score (nSPS) is 19.1. The Morgan fingerprint density at radius 1 is 1.09 bits per heavy atom. The summed E-state index contributed by atoms with van der Waals surface area (Å²) >= 11 is 1.51. The van der Waals surface area contributed by atoms with E-state index in [4.69, 9.17) is 0 Å². The highest BCUT2D eigenvalue weighted by atomic mass is 32.2. The third kappa shape index (κ3) is 6.41. The SMILES string of the molecule is CCS(=O)(=O)c1ccc(CC(=O)Nc2ccc3nc(CC4CCC(C(F)(F)F)CC4)sc3c2)cc1. The van der Waals surface area contributed by atoms with Crippen LogP contribution in [0.1, 0.15) is 43.2 Å². The second-order valence-corrected chi connectivity index (χ2v) is 12.4. The molecule has 35 heavy (non-hydrogen) atoms. The van der Waals surface area contributed by atoms with Crippen molar-refractivity contribution in [2.75, 3.05) is 11.1 Å². The van der Waals surface area contributed by atoms with Gasteiger partial charge >= 0.3 is 6.18 Å². The summed E-state index contributed by atoms with van der Waals surface area (Å²) < 4.78 is 63.4. The van der Waals surface area contributed by atoms with E-state index in [2.05, 4.69) is 10.3 Å². The molecule has 5 nitrogen and oxygen atoms in total. The zero-order valence-electron chi connectivity index (χ0n) is 19.3. The van der Waals surface area contributed by atoms with Gasteiger partial charge in [0.25, 0.3) is 0 Å². The molecule has 0 aliphatic heterocycles. The zero-order valence-corrected chi connectivity index (χ0v) is 20.9. The van der Waals surface area contributed by atoms with Crippen LogP contribution in [0.25, 0.3) is 10.2 Å². The van der Waals surface area contributed by atoms with Crippen LogP contribution < -0.4 is 5.32 Å². The maximum absolute atomic E-state index is 12.9. The van der Waals surface area contributed by atoms with Crippen molar-refractivity contribution in [3.63, 3.8) is 0 Å². The molecule has 0 saturated heterocycles. The first-order valence-electron chi connectivity index (χ1n) is 11.6. The first-order valence-corrected chi connectivity index (χ1v) is 14.1. The van der Waals surface area contributed by atoms with Crippen LogP contribution in [0.2, 0.25) is 0 Å². The van der Waals surface area contributed by atoms with E-state index >= 15 is 0 Å². The van der Waals surface area contributed by atoms with Gasteiger partial charge in [-0.1, -0.05) is 19.1 Å². The zero-order chi connectivity index (χ0) is 25.2. The number of rotatable bonds is 7. The van der Waals surface area contributed by atoms with Gasteiger partial charge in [0.15, 0.2) is 9.84 Å². The van der Waals surface area contributed by atoms with Gasteiger partial charge in [0, 0.05) is 12.1 Å². The number of aromatic nitrogens is 1. The minimum absolute atomic E-state index is 0.0216. The number of hydrogen-bond acceptors (Lipinski definition) is 5. The quantitative estimate of drug-likeness (QED) is 0.400. The largest absolute Gasteiger partial charge is 0.391 e. The van der Waals surface area contributed by atoms with Gasteiger partial charge in [0.1, 0.15) is 0 Å². The Balaban J connectivity index is 1.35. The number of amides is 1. The molecule has 1 amide bonds. The maximum Gasteiger partial charge on any atom is 0.391 e. The molecule has 10 heteroatoms. The molecule has 188 valence electrons. The van der Waals surface area contributed by atoms with Crippen LogP contribution in [0, 0.1) is 11.8 Å². The number of fused-ring (bicyclic) bond motifs is 1. The van der Waals surface area contributed by atoms with Crippen molar-refractivity contribution < 1.29 is 26.4 Å². The molecule has 1 N–H and O–H groups in total. The van der Waals surface area contributed by atoms with E-state index in [0.29, 0.717) is 30.5 Å². The van der Waals surface area contributed by atoms with Crippen LogP contribution in [0.5, 0.6) is 0 Å². The van der Waals surface area contributed by atoms with Gasteiger partial charge in [-0.25, -0.2) is 13.4 Å². The highest BCUT2D eigenvalue weighted by molar-refractivity contribution is 7.91. The topological polar surface area (TPSA) is 76.1 Å². The molecular weight excluding hydrogens is 497 g/mol. The van der Waals surface area contributed by atoms with Crippen LogP contribution in [-0.4, -0.2) is 31.2 Å².